The number of carboxylic acid groups (broad SMARTS) is 1. The summed E-state index contributed by atoms with van der Waals surface area (Å²) >= 11 is 0. The largest absolute Gasteiger partial charge is 0.481 e. The van der Waals surface area contributed by atoms with E-state index in [0.29, 0.717) is 6.42 Å². The Hall–Kier alpha value is -1.57. The van der Waals surface area contributed by atoms with Gasteiger partial charge in [-0.2, -0.15) is 0 Å². The highest BCUT2D eigenvalue weighted by molar-refractivity contribution is 5.70. The number of aryl methyl sites for hydroxylation is 1. The van der Waals surface area contributed by atoms with Crippen LogP contribution in [0.5, 0.6) is 0 Å². The highest BCUT2D eigenvalue weighted by atomic mass is 16.4. The molecule has 0 aliphatic heterocycles. The van der Waals surface area contributed by atoms with Gasteiger partial charge < -0.3 is 5.11 Å². The Balaban J connectivity index is 2.44. The second-order valence-electron chi connectivity index (χ2n) is 5.16. The molecule has 1 atom stereocenters. The van der Waals surface area contributed by atoms with Gasteiger partial charge in [0.25, 0.3) is 0 Å². The number of unbranched alkanes of at least 4 members (excludes halogenated alkanes) is 3. The minimum absolute atomic E-state index is 0.259. The van der Waals surface area contributed by atoms with Crippen LogP contribution in [0.2, 0.25) is 0 Å². The lowest BCUT2D eigenvalue weighted by Gasteiger charge is -2.12. The molecule has 2 heteroatoms. The van der Waals surface area contributed by atoms with Crippen LogP contribution in [-0.4, -0.2) is 11.1 Å². The molecule has 2 nitrogen and oxygen atoms in total. The van der Waals surface area contributed by atoms with Gasteiger partial charge in [-0.3, -0.25) is 4.79 Å². The van der Waals surface area contributed by atoms with Gasteiger partial charge >= 0.3 is 5.97 Å². The number of rotatable bonds is 9. The Morgan fingerprint density at radius 1 is 1.37 bits per heavy atom. The van der Waals surface area contributed by atoms with E-state index in [1.165, 1.54) is 5.56 Å². The van der Waals surface area contributed by atoms with Crippen molar-refractivity contribution >= 4 is 5.97 Å². The molecule has 0 saturated carbocycles. The number of hydrogen-bond acceptors (Lipinski definition) is 1. The smallest absolute Gasteiger partial charge is 0.306 e. The third-order valence-electron chi connectivity index (χ3n) is 3.37. The minimum atomic E-state index is -0.676. The molecule has 0 aliphatic carbocycles. The first-order valence-electron chi connectivity index (χ1n) is 7.02. The van der Waals surface area contributed by atoms with Crippen molar-refractivity contribution in [1.29, 1.82) is 0 Å². The molecular formula is C17H24O2. The minimum Gasteiger partial charge on any atom is -0.481 e. The van der Waals surface area contributed by atoms with Crippen LogP contribution in [0.1, 0.15) is 43.2 Å². The van der Waals surface area contributed by atoms with Crippen molar-refractivity contribution < 1.29 is 9.90 Å². The molecule has 1 N–H and O–H groups in total. The van der Waals surface area contributed by atoms with Crippen molar-refractivity contribution in [3.05, 3.63) is 48.0 Å². The zero-order valence-electron chi connectivity index (χ0n) is 11.8. The quantitative estimate of drug-likeness (QED) is 0.528. The summed E-state index contributed by atoms with van der Waals surface area (Å²) in [7, 11) is 0. The topological polar surface area (TPSA) is 37.3 Å². The Kier molecular flexibility index (Phi) is 6.94. The van der Waals surface area contributed by atoms with Gasteiger partial charge in [-0.1, -0.05) is 48.7 Å². The van der Waals surface area contributed by atoms with Gasteiger partial charge in [-0.15, -0.1) is 6.58 Å². The van der Waals surface area contributed by atoms with Gasteiger partial charge in [0.2, 0.25) is 0 Å². The zero-order valence-corrected chi connectivity index (χ0v) is 11.8. The van der Waals surface area contributed by atoms with Crippen LogP contribution >= 0.6 is 0 Å². The molecule has 0 heterocycles. The summed E-state index contributed by atoms with van der Waals surface area (Å²) in [6.07, 6.45) is 7.52. The van der Waals surface area contributed by atoms with Crippen LogP contribution in [0.15, 0.2) is 36.9 Å². The molecule has 104 valence electrons. The molecular weight excluding hydrogens is 236 g/mol. The maximum absolute atomic E-state index is 11.3. The van der Waals surface area contributed by atoms with E-state index in [-0.39, 0.29) is 5.92 Å². The van der Waals surface area contributed by atoms with Gasteiger partial charge in [0.1, 0.15) is 0 Å². The average molecular weight is 260 g/mol. The molecule has 1 aromatic rings. The van der Waals surface area contributed by atoms with E-state index in [2.05, 4.69) is 12.6 Å². The van der Waals surface area contributed by atoms with Crippen molar-refractivity contribution in [2.45, 2.75) is 45.4 Å². The number of aliphatic carboxylic acids is 1. The second kappa shape index (κ2) is 8.52. The summed E-state index contributed by atoms with van der Waals surface area (Å²) < 4.78 is 0. The Morgan fingerprint density at radius 2 is 2.16 bits per heavy atom. The van der Waals surface area contributed by atoms with Gasteiger partial charge in [-0.25, -0.2) is 0 Å². The normalized spacial score (nSPS) is 12.1. The van der Waals surface area contributed by atoms with Gasteiger partial charge in [0.05, 0.1) is 5.92 Å². The van der Waals surface area contributed by atoms with E-state index in [9.17, 15) is 9.90 Å². The van der Waals surface area contributed by atoms with E-state index >= 15 is 0 Å². The lowest BCUT2D eigenvalue weighted by Crippen LogP contribution is -2.16. The zero-order chi connectivity index (χ0) is 14.1. The number of hydrogen-bond donors (Lipinski definition) is 1. The van der Waals surface area contributed by atoms with Gasteiger partial charge in [0.15, 0.2) is 0 Å². The lowest BCUT2D eigenvalue weighted by molar-refractivity contribution is -0.142. The van der Waals surface area contributed by atoms with Crippen LogP contribution in [0.3, 0.4) is 0 Å². The fraction of sp³-hybridized carbons (Fsp3) is 0.471. The van der Waals surface area contributed by atoms with Crippen LogP contribution < -0.4 is 0 Å². The SMILES string of the molecule is C=CCCCCCC(Cc1cccc(C)c1)C(=O)O. The number of carbonyl (C=O) groups is 1. The molecule has 1 unspecified atom stereocenters. The fourth-order valence-corrected chi connectivity index (χ4v) is 2.29. The summed E-state index contributed by atoms with van der Waals surface area (Å²) in [4.78, 5) is 11.3. The van der Waals surface area contributed by atoms with Crippen LogP contribution in [0, 0.1) is 12.8 Å². The first kappa shape index (κ1) is 15.5. The maximum Gasteiger partial charge on any atom is 0.306 e. The molecule has 1 aromatic carbocycles. The van der Waals surface area contributed by atoms with Crippen molar-refractivity contribution in [3.63, 3.8) is 0 Å². The molecule has 0 radical (unpaired) electrons. The van der Waals surface area contributed by atoms with Crippen LogP contribution in [-0.2, 0) is 11.2 Å². The summed E-state index contributed by atoms with van der Waals surface area (Å²) in [5.74, 6) is -0.934. The maximum atomic E-state index is 11.3. The van der Waals surface area contributed by atoms with Crippen LogP contribution in [0.25, 0.3) is 0 Å². The molecule has 0 spiro atoms. The Labute approximate surface area is 116 Å². The highest BCUT2D eigenvalue weighted by Gasteiger charge is 2.17. The molecule has 0 saturated heterocycles. The molecule has 0 aromatic heterocycles. The predicted octanol–water partition coefficient (Wildman–Crippen LogP) is 4.37. The Morgan fingerprint density at radius 3 is 2.79 bits per heavy atom. The Bertz CT molecular complexity index is 409. The summed E-state index contributed by atoms with van der Waals surface area (Å²) in [5, 5.41) is 9.29. The van der Waals surface area contributed by atoms with Gasteiger partial charge in [0, 0.05) is 0 Å². The number of carboxylic acids is 1. The summed E-state index contributed by atoms with van der Waals surface area (Å²) in [6, 6.07) is 8.12. The second-order valence-corrected chi connectivity index (χ2v) is 5.16. The third-order valence-corrected chi connectivity index (χ3v) is 3.37. The predicted molar refractivity (Wildman–Crippen MR) is 79.3 cm³/mol. The van der Waals surface area contributed by atoms with Crippen molar-refractivity contribution in [1.82, 2.24) is 0 Å². The molecule has 0 bridgehead atoms. The van der Waals surface area contributed by atoms with Crippen molar-refractivity contribution in [2.75, 3.05) is 0 Å². The molecule has 1 rings (SSSR count). The number of benzene rings is 1. The van der Waals surface area contributed by atoms with Crippen LogP contribution in [0.4, 0.5) is 0 Å². The van der Waals surface area contributed by atoms with E-state index in [1.54, 1.807) is 0 Å². The highest BCUT2D eigenvalue weighted by Crippen LogP contribution is 2.17. The fourth-order valence-electron chi connectivity index (χ4n) is 2.29. The monoisotopic (exact) mass is 260 g/mol. The summed E-state index contributed by atoms with van der Waals surface area (Å²) in [6.45, 7) is 5.73. The van der Waals surface area contributed by atoms with E-state index < -0.39 is 5.97 Å². The van der Waals surface area contributed by atoms with Gasteiger partial charge in [-0.05, 0) is 38.2 Å². The lowest BCUT2D eigenvalue weighted by atomic mass is 9.93. The number of allylic oxidation sites excluding steroid dienone is 1. The first-order chi connectivity index (χ1) is 9.13. The van der Waals surface area contributed by atoms with E-state index in [1.807, 2.05) is 31.2 Å². The molecule has 0 amide bonds. The molecule has 0 fully saturated rings. The van der Waals surface area contributed by atoms with Crippen molar-refractivity contribution in [2.24, 2.45) is 5.92 Å². The standard InChI is InChI=1S/C17H24O2/c1-3-4-5-6-7-11-16(17(18)19)13-15-10-8-9-14(2)12-15/h3,8-10,12,16H,1,4-7,11,13H2,2H3,(H,18,19). The molecule has 19 heavy (non-hydrogen) atoms. The molecule has 0 aliphatic rings. The summed E-state index contributed by atoms with van der Waals surface area (Å²) in [5.41, 5.74) is 2.31. The van der Waals surface area contributed by atoms with E-state index in [4.69, 9.17) is 0 Å². The average Bonchev–Trinajstić information content (AvgIpc) is 2.37. The first-order valence-corrected chi connectivity index (χ1v) is 7.02. The van der Waals surface area contributed by atoms with Crippen molar-refractivity contribution in [3.8, 4) is 0 Å². The van der Waals surface area contributed by atoms with E-state index in [0.717, 1.165) is 37.7 Å². The third kappa shape index (κ3) is 6.23.